The van der Waals surface area contributed by atoms with Crippen molar-refractivity contribution in [3.05, 3.63) is 0 Å². The molecule has 0 spiro atoms. The fourth-order valence-corrected chi connectivity index (χ4v) is 3.86. The van der Waals surface area contributed by atoms with Crippen LogP contribution in [-0.2, 0) is 15.5 Å². The number of hydrogen-bond donors (Lipinski definition) is 2. The summed E-state index contributed by atoms with van der Waals surface area (Å²) in [5, 5.41) is 7.09. The van der Waals surface area contributed by atoms with Crippen LogP contribution in [0.4, 0.5) is 0 Å². The van der Waals surface area contributed by atoms with Gasteiger partial charge in [-0.05, 0) is 33.1 Å². The number of nitrogens with one attached hydrogen (secondary N) is 2. The molecule has 0 aromatic heterocycles. The average Bonchev–Trinajstić information content (AvgIpc) is 2.50. The van der Waals surface area contributed by atoms with Gasteiger partial charge in [-0.1, -0.05) is 13.3 Å². The van der Waals surface area contributed by atoms with Crippen LogP contribution in [0.3, 0.4) is 0 Å². The minimum absolute atomic E-state index is 0.226. The molecule has 124 valence electrons. The lowest BCUT2D eigenvalue weighted by atomic mass is 9.95. The van der Waals surface area contributed by atoms with E-state index in [4.69, 9.17) is 4.74 Å². The zero-order valence-electron chi connectivity index (χ0n) is 14.1. The molecule has 1 aliphatic rings. The van der Waals surface area contributed by atoms with Crippen LogP contribution in [-0.4, -0.2) is 53.5 Å². The van der Waals surface area contributed by atoms with Gasteiger partial charge in [0.2, 0.25) is 0 Å². The molecular weight excluding hydrogens is 286 g/mol. The first-order valence-corrected chi connectivity index (χ1v) is 9.19. The van der Waals surface area contributed by atoms with E-state index >= 15 is 0 Å². The SMILES string of the molecule is CCS(=O)C1CCCC(NC(=NC)NCC(C)(C)OC)C1. The Balaban J connectivity index is 2.48. The van der Waals surface area contributed by atoms with Crippen LogP contribution in [0, 0.1) is 0 Å². The second-order valence-corrected chi connectivity index (χ2v) is 8.19. The van der Waals surface area contributed by atoms with Crippen LogP contribution in [0.25, 0.3) is 0 Å². The highest BCUT2D eigenvalue weighted by atomic mass is 32.2. The topological polar surface area (TPSA) is 62.7 Å². The monoisotopic (exact) mass is 317 g/mol. The second kappa shape index (κ2) is 8.73. The summed E-state index contributed by atoms with van der Waals surface area (Å²) in [6.07, 6.45) is 4.30. The van der Waals surface area contributed by atoms with E-state index in [1.54, 1.807) is 14.2 Å². The molecule has 3 unspecified atom stereocenters. The highest BCUT2D eigenvalue weighted by molar-refractivity contribution is 7.85. The van der Waals surface area contributed by atoms with Crippen molar-refractivity contribution in [2.45, 2.75) is 63.3 Å². The summed E-state index contributed by atoms with van der Waals surface area (Å²) in [4.78, 5) is 4.27. The van der Waals surface area contributed by atoms with Gasteiger partial charge >= 0.3 is 0 Å². The quantitative estimate of drug-likeness (QED) is 0.578. The molecule has 1 saturated carbocycles. The molecule has 2 N–H and O–H groups in total. The summed E-state index contributed by atoms with van der Waals surface area (Å²) in [5.41, 5.74) is -0.226. The van der Waals surface area contributed by atoms with E-state index in [9.17, 15) is 4.21 Å². The zero-order valence-corrected chi connectivity index (χ0v) is 14.9. The van der Waals surface area contributed by atoms with Crippen molar-refractivity contribution in [1.82, 2.24) is 10.6 Å². The van der Waals surface area contributed by atoms with Crippen molar-refractivity contribution in [3.63, 3.8) is 0 Å². The Morgan fingerprint density at radius 2 is 2.14 bits per heavy atom. The minimum Gasteiger partial charge on any atom is -0.377 e. The van der Waals surface area contributed by atoms with Gasteiger partial charge in [0.1, 0.15) is 0 Å². The van der Waals surface area contributed by atoms with Crippen LogP contribution >= 0.6 is 0 Å². The van der Waals surface area contributed by atoms with E-state index < -0.39 is 10.8 Å². The molecule has 1 fully saturated rings. The molecule has 0 amide bonds. The van der Waals surface area contributed by atoms with Crippen molar-refractivity contribution >= 4 is 16.8 Å². The molecule has 0 radical (unpaired) electrons. The predicted octanol–water partition coefficient (Wildman–Crippen LogP) is 1.66. The number of methoxy groups -OCH3 is 1. The lowest BCUT2D eigenvalue weighted by Crippen LogP contribution is -2.50. The summed E-state index contributed by atoms with van der Waals surface area (Å²) in [6.45, 7) is 6.77. The smallest absolute Gasteiger partial charge is 0.191 e. The Morgan fingerprint density at radius 1 is 1.43 bits per heavy atom. The molecule has 0 bridgehead atoms. The molecule has 5 nitrogen and oxygen atoms in total. The molecule has 1 aliphatic carbocycles. The van der Waals surface area contributed by atoms with Gasteiger partial charge in [0.15, 0.2) is 5.96 Å². The fraction of sp³-hybridized carbons (Fsp3) is 0.933. The number of ether oxygens (including phenoxy) is 1. The molecule has 0 aromatic rings. The third kappa shape index (κ3) is 6.34. The lowest BCUT2D eigenvalue weighted by Gasteiger charge is -2.31. The summed E-state index contributed by atoms with van der Waals surface area (Å²) < 4.78 is 17.4. The maximum absolute atomic E-state index is 12.0. The molecule has 0 aromatic carbocycles. The van der Waals surface area contributed by atoms with Gasteiger partial charge in [-0.3, -0.25) is 9.20 Å². The van der Waals surface area contributed by atoms with Crippen LogP contribution in [0.2, 0.25) is 0 Å². The third-order valence-corrected chi connectivity index (χ3v) is 5.82. The van der Waals surface area contributed by atoms with Gasteiger partial charge in [0.05, 0.1) is 5.60 Å². The summed E-state index contributed by atoms with van der Waals surface area (Å²) in [5.74, 6) is 1.56. The number of hydrogen-bond acceptors (Lipinski definition) is 3. The maximum Gasteiger partial charge on any atom is 0.191 e. The highest BCUT2D eigenvalue weighted by Gasteiger charge is 2.26. The van der Waals surface area contributed by atoms with E-state index in [1.807, 2.05) is 20.8 Å². The maximum atomic E-state index is 12.0. The lowest BCUT2D eigenvalue weighted by molar-refractivity contribution is 0.0267. The van der Waals surface area contributed by atoms with E-state index in [0.717, 1.165) is 37.4 Å². The van der Waals surface area contributed by atoms with Crippen LogP contribution in [0.1, 0.15) is 46.5 Å². The molecule has 0 heterocycles. The van der Waals surface area contributed by atoms with Crippen molar-refractivity contribution in [1.29, 1.82) is 0 Å². The molecule has 1 rings (SSSR count). The Labute approximate surface area is 131 Å². The van der Waals surface area contributed by atoms with E-state index in [2.05, 4.69) is 15.6 Å². The first-order chi connectivity index (χ1) is 9.91. The Kier molecular flexibility index (Phi) is 7.66. The second-order valence-electron chi connectivity index (χ2n) is 6.19. The minimum atomic E-state index is -0.690. The van der Waals surface area contributed by atoms with Gasteiger partial charge in [-0.25, -0.2) is 0 Å². The van der Waals surface area contributed by atoms with Crippen LogP contribution < -0.4 is 10.6 Å². The van der Waals surface area contributed by atoms with Gasteiger partial charge in [0.25, 0.3) is 0 Å². The average molecular weight is 317 g/mol. The molecule has 6 heteroatoms. The Hall–Kier alpha value is -0.620. The molecule has 0 aliphatic heterocycles. The Bertz CT molecular complexity index is 372. The molecule has 3 atom stereocenters. The van der Waals surface area contributed by atoms with Crippen LogP contribution in [0.15, 0.2) is 4.99 Å². The first-order valence-electron chi connectivity index (χ1n) is 7.81. The molecule has 21 heavy (non-hydrogen) atoms. The summed E-state index contributed by atoms with van der Waals surface area (Å²) in [6, 6.07) is 0.358. The number of guanidine groups is 1. The summed E-state index contributed by atoms with van der Waals surface area (Å²) in [7, 11) is 2.80. The third-order valence-electron chi connectivity index (χ3n) is 4.08. The number of nitrogens with zero attached hydrogens (tertiary/aromatic N) is 1. The Morgan fingerprint density at radius 3 is 2.71 bits per heavy atom. The van der Waals surface area contributed by atoms with Gasteiger partial charge in [-0.15, -0.1) is 0 Å². The number of aliphatic imine (C=N–C) groups is 1. The molecular formula is C15H31N3O2S. The molecule has 0 saturated heterocycles. The highest BCUT2D eigenvalue weighted by Crippen LogP contribution is 2.22. The van der Waals surface area contributed by atoms with Crippen molar-refractivity contribution < 1.29 is 8.95 Å². The first kappa shape index (κ1) is 18.4. The predicted molar refractivity (Wildman–Crippen MR) is 90.3 cm³/mol. The van der Waals surface area contributed by atoms with Gasteiger partial charge in [-0.2, -0.15) is 0 Å². The van der Waals surface area contributed by atoms with E-state index in [-0.39, 0.29) is 5.60 Å². The van der Waals surface area contributed by atoms with E-state index in [0.29, 0.717) is 17.8 Å². The zero-order chi connectivity index (χ0) is 15.9. The summed E-state index contributed by atoms with van der Waals surface area (Å²) >= 11 is 0. The van der Waals surface area contributed by atoms with E-state index in [1.165, 1.54) is 0 Å². The largest absolute Gasteiger partial charge is 0.377 e. The van der Waals surface area contributed by atoms with Crippen molar-refractivity contribution in [3.8, 4) is 0 Å². The van der Waals surface area contributed by atoms with Gasteiger partial charge in [0, 0.05) is 48.5 Å². The standard InChI is InChI=1S/C15H31N3O2S/c1-6-21(19)13-9-7-8-12(10-13)18-14(16-4)17-11-15(2,3)20-5/h12-13H,6-11H2,1-5H3,(H2,16,17,18). The fourth-order valence-electron chi connectivity index (χ4n) is 2.51. The van der Waals surface area contributed by atoms with Gasteiger partial charge < -0.3 is 15.4 Å². The number of rotatable bonds is 6. The van der Waals surface area contributed by atoms with Crippen LogP contribution in [0.5, 0.6) is 0 Å². The van der Waals surface area contributed by atoms with Crippen molar-refractivity contribution in [2.24, 2.45) is 4.99 Å². The normalized spacial score (nSPS) is 25.5. The van der Waals surface area contributed by atoms with Crippen molar-refractivity contribution in [2.75, 3.05) is 26.5 Å².